The fraction of sp³-hybridized carbons (Fsp3) is 0.500. The molecule has 0 aliphatic heterocycles. The van der Waals surface area contributed by atoms with Crippen molar-refractivity contribution in [3.63, 3.8) is 0 Å². The van der Waals surface area contributed by atoms with Gasteiger partial charge >= 0.3 is 5.97 Å². The van der Waals surface area contributed by atoms with Crippen LogP contribution in [0.5, 0.6) is 0 Å². The van der Waals surface area contributed by atoms with E-state index in [-0.39, 0.29) is 12.6 Å². The van der Waals surface area contributed by atoms with Gasteiger partial charge in [0.15, 0.2) is 6.61 Å². The zero-order chi connectivity index (χ0) is 16.5. The normalized spacial score (nSPS) is 14.7. The van der Waals surface area contributed by atoms with Crippen molar-refractivity contribution in [3.8, 4) is 6.07 Å². The Kier molecular flexibility index (Phi) is 6.61. The number of esters is 1. The molecule has 0 bridgehead atoms. The molecule has 5 heteroatoms. The van der Waals surface area contributed by atoms with Crippen LogP contribution in [0.15, 0.2) is 24.3 Å². The molecule has 0 aromatic heterocycles. The fourth-order valence-electron chi connectivity index (χ4n) is 2.88. The lowest BCUT2D eigenvalue weighted by Gasteiger charge is -2.20. The Morgan fingerprint density at radius 3 is 2.78 bits per heavy atom. The van der Waals surface area contributed by atoms with Crippen molar-refractivity contribution in [1.29, 1.82) is 5.26 Å². The van der Waals surface area contributed by atoms with E-state index in [0.29, 0.717) is 23.6 Å². The zero-order valence-electron chi connectivity index (χ0n) is 13.2. The van der Waals surface area contributed by atoms with Crippen LogP contribution in [0.3, 0.4) is 0 Å². The van der Waals surface area contributed by atoms with Crippen LogP contribution in [0.1, 0.15) is 50.5 Å². The van der Waals surface area contributed by atoms with E-state index in [1.807, 2.05) is 6.07 Å². The summed E-state index contributed by atoms with van der Waals surface area (Å²) in [4.78, 5) is 23.4. The number of ether oxygens (including phenoxy) is 1. The van der Waals surface area contributed by atoms with Crippen LogP contribution in [0.4, 0.5) is 5.69 Å². The summed E-state index contributed by atoms with van der Waals surface area (Å²) in [7, 11) is 0. The number of hydrogen-bond donors (Lipinski definition) is 1. The molecule has 0 spiro atoms. The molecule has 5 nitrogen and oxygen atoms in total. The predicted octanol–water partition coefficient (Wildman–Crippen LogP) is 3.40. The van der Waals surface area contributed by atoms with E-state index in [1.165, 1.54) is 32.1 Å². The molecule has 0 unspecified atom stereocenters. The predicted molar refractivity (Wildman–Crippen MR) is 86.6 cm³/mol. The number of benzene rings is 1. The smallest absolute Gasteiger partial charge is 0.306 e. The van der Waals surface area contributed by atoms with Gasteiger partial charge in [-0.2, -0.15) is 5.26 Å². The molecule has 0 heterocycles. The third-order valence-corrected chi connectivity index (χ3v) is 4.12. The van der Waals surface area contributed by atoms with Crippen molar-refractivity contribution in [1.82, 2.24) is 0 Å². The molecule has 0 radical (unpaired) electrons. The summed E-state index contributed by atoms with van der Waals surface area (Å²) in [6.07, 6.45) is 7.43. The van der Waals surface area contributed by atoms with Gasteiger partial charge in [0.1, 0.15) is 0 Å². The lowest BCUT2D eigenvalue weighted by molar-refractivity contribution is -0.147. The van der Waals surface area contributed by atoms with E-state index in [9.17, 15) is 9.59 Å². The van der Waals surface area contributed by atoms with E-state index in [0.717, 1.165) is 6.42 Å². The van der Waals surface area contributed by atoms with Crippen molar-refractivity contribution in [2.24, 2.45) is 5.92 Å². The first kappa shape index (κ1) is 17.0. The van der Waals surface area contributed by atoms with Gasteiger partial charge in [-0.25, -0.2) is 0 Å². The fourth-order valence-corrected chi connectivity index (χ4v) is 2.88. The number of carbonyl (C=O) groups is 2. The molecule has 1 N–H and O–H groups in total. The van der Waals surface area contributed by atoms with Crippen molar-refractivity contribution in [2.45, 2.75) is 44.9 Å². The minimum absolute atomic E-state index is 0.291. The lowest BCUT2D eigenvalue weighted by Crippen LogP contribution is -2.21. The summed E-state index contributed by atoms with van der Waals surface area (Å²) in [5.41, 5.74) is 0.986. The third kappa shape index (κ3) is 6.11. The summed E-state index contributed by atoms with van der Waals surface area (Å²) in [5, 5.41) is 11.4. The van der Waals surface area contributed by atoms with Gasteiger partial charge in [-0.1, -0.05) is 38.2 Å². The van der Waals surface area contributed by atoms with Gasteiger partial charge in [-0.3, -0.25) is 9.59 Å². The molecule has 1 aliphatic carbocycles. The largest absolute Gasteiger partial charge is 0.456 e. The topological polar surface area (TPSA) is 79.2 Å². The highest BCUT2D eigenvalue weighted by molar-refractivity contribution is 5.92. The third-order valence-electron chi connectivity index (χ3n) is 4.12. The molecule has 1 amide bonds. The van der Waals surface area contributed by atoms with Crippen LogP contribution in [0.2, 0.25) is 0 Å². The second-order valence-corrected chi connectivity index (χ2v) is 5.94. The van der Waals surface area contributed by atoms with Crippen molar-refractivity contribution >= 4 is 17.6 Å². The van der Waals surface area contributed by atoms with Crippen LogP contribution in [0.25, 0.3) is 0 Å². The number of nitriles is 1. The Morgan fingerprint density at radius 1 is 1.26 bits per heavy atom. The second-order valence-electron chi connectivity index (χ2n) is 5.94. The average Bonchev–Trinajstić information content (AvgIpc) is 2.59. The number of nitrogens with one attached hydrogen (secondary N) is 1. The van der Waals surface area contributed by atoms with Gasteiger partial charge in [-0.15, -0.1) is 0 Å². The molecule has 122 valence electrons. The number of amides is 1. The van der Waals surface area contributed by atoms with Crippen LogP contribution >= 0.6 is 0 Å². The highest BCUT2D eigenvalue weighted by Gasteiger charge is 2.16. The van der Waals surface area contributed by atoms with Gasteiger partial charge in [0.05, 0.1) is 11.6 Å². The summed E-state index contributed by atoms with van der Waals surface area (Å²) in [5.74, 6) is -0.0959. The molecule has 1 fully saturated rings. The molecule has 1 aromatic carbocycles. The number of rotatable bonds is 6. The van der Waals surface area contributed by atoms with E-state index < -0.39 is 5.91 Å². The molecular formula is C18H22N2O3. The van der Waals surface area contributed by atoms with Gasteiger partial charge < -0.3 is 10.1 Å². The van der Waals surface area contributed by atoms with Crippen molar-refractivity contribution < 1.29 is 14.3 Å². The second kappa shape index (κ2) is 8.94. The first-order valence-electron chi connectivity index (χ1n) is 8.13. The molecule has 2 rings (SSSR count). The van der Waals surface area contributed by atoms with Crippen LogP contribution in [0, 0.1) is 17.2 Å². The molecular weight excluding hydrogens is 292 g/mol. The standard InChI is InChI=1S/C18H22N2O3/c19-12-15-7-4-8-16(11-15)20-17(21)13-23-18(22)10-9-14-5-2-1-3-6-14/h4,7-8,11,14H,1-3,5-6,9-10,13H2,(H,20,21). The van der Waals surface area contributed by atoms with E-state index in [4.69, 9.17) is 10.00 Å². The highest BCUT2D eigenvalue weighted by Crippen LogP contribution is 2.27. The summed E-state index contributed by atoms with van der Waals surface area (Å²) in [6.45, 7) is -0.291. The number of anilines is 1. The Bertz CT molecular complexity index is 586. The molecule has 0 saturated heterocycles. The average molecular weight is 314 g/mol. The van der Waals surface area contributed by atoms with E-state index >= 15 is 0 Å². The summed E-state index contributed by atoms with van der Waals surface area (Å²) >= 11 is 0. The maximum Gasteiger partial charge on any atom is 0.306 e. The first-order valence-corrected chi connectivity index (χ1v) is 8.13. The summed E-state index contributed by atoms with van der Waals surface area (Å²) < 4.78 is 5.01. The molecule has 1 aromatic rings. The van der Waals surface area contributed by atoms with Crippen LogP contribution in [-0.4, -0.2) is 18.5 Å². The summed E-state index contributed by atoms with van der Waals surface area (Å²) in [6, 6.07) is 8.60. The van der Waals surface area contributed by atoms with Crippen molar-refractivity contribution in [3.05, 3.63) is 29.8 Å². The van der Waals surface area contributed by atoms with E-state index in [2.05, 4.69) is 5.32 Å². The Hall–Kier alpha value is -2.35. The van der Waals surface area contributed by atoms with Gasteiger partial charge in [0, 0.05) is 12.1 Å². The van der Waals surface area contributed by atoms with Crippen LogP contribution in [-0.2, 0) is 14.3 Å². The molecule has 1 saturated carbocycles. The van der Waals surface area contributed by atoms with E-state index in [1.54, 1.807) is 24.3 Å². The van der Waals surface area contributed by atoms with Gasteiger partial charge in [0.25, 0.3) is 5.91 Å². The van der Waals surface area contributed by atoms with Gasteiger partial charge in [0.2, 0.25) is 0 Å². The Balaban J connectivity index is 1.67. The maximum atomic E-state index is 11.8. The minimum Gasteiger partial charge on any atom is -0.456 e. The number of carbonyl (C=O) groups excluding carboxylic acids is 2. The molecule has 23 heavy (non-hydrogen) atoms. The quantitative estimate of drug-likeness (QED) is 0.816. The molecule has 0 atom stereocenters. The maximum absolute atomic E-state index is 11.8. The zero-order valence-corrected chi connectivity index (χ0v) is 13.2. The van der Waals surface area contributed by atoms with Crippen LogP contribution < -0.4 is 5.32 Å². The monoisotopic (exact) mass is 314 g/mol. The Labute approximate surface area is 136 Å². The van der Waals surface area contributed by atoms with Crippen molar-refractivity contribution in [2.75, 3.05) is 11.9 Å². The van der Waals surface area contributed by atoms with Gasteiger partial charge in [-0.05, 0) is 30.5 Å². The minimum atomic E-state index is -0.397. The highest BCUT2D eigenvalue weighted by atomic mass is 16.5. The number of hydrogen-bond acceptors (Lipinski definition) is 4. The number of nitrogens with zero attached hydrogens (tertiary/aromatic N) is 1. The Morgan fingerprint density at radius 2 is 2.04 bits per heavy atom. The first-order chi connectivity index (χ1) is 11.2. The molecule has 1 aliphatic rings. The lowest BCUT2D eigenvalue weighted by atomic mass is 9.86. The SMILES string of the molecule is N#Cc1cccc(NC(=O)COC(=O)CCC2CCCCC2)c1.